The molecule has 0 aromatic carbocycles. The van der Waals surface area contributed by atoms with Crippen molar-refractivity contribution >= 4 is 35.8 Å². The number of esters is 4. The van der Waals surface area contributed by atoms with E-state index >= 15 is 0 Å². The van der Waals surface area contributed by atoms with Gasteiger partial charge in [0.25, 0.3) is 0 Å². The summed E-state index contributed by atoms with van der Waals surface area (Å²) >= 11 is 0. The first-order valence-corrected chi connectivity index (χ1v) is 14.3. The Morgan fingerprint density at radius 1 is 0.864 bits per heavy atom. The van der Waals surface area contributed by atoms with Crippen LogP contribution in [0.4, 0.5) is 0 Å². The maximum absolute atomic E-state index is 12.2. The van der Waals surface area contributed by atoms with E-state index in [1.807, 2.05) is 47.0 Å². The molecule has 2 aliphatic rings. The molecule has 0 aromatic heterocycles. The number of aliphatic carboxylic acids is 1. The molecule has 44 heavy (non-hydrogen) atoms. The molecule has 13 nitrogen and oxygen atoms in total. The number of hydrogen-bond donors (Lipinski definition) is 5. The summed E-state index contributed by atoms with van der Waals surface area (Å²) in [6.07, 6.45) is 2.22. The van der Waals surface area contributed by atoms with Gasteiger partial charge in [0.1, 0.15) is 0 Å². The van der Waals surface area contributed by atoms with Crippen LogP contribution in [0.25, 0.3) is 0 Å². The van der Waals surface area contributed by atoms with Gasteiger partial charge in [-0.2, -0.15) is 0 Å². The SMILES string of the molecule is CCC(C)(C)C1C(=O)OC(=O)C1C.CCC(C)(C)C1C(=O)OC(=O)C1CCC(C)(C)C(C(=O)O)C(C)C(=O)NN.NN.[CH3-].[W]. The molecule has 0 spiro atoms. The molecule has 2 rings (SSSR count). The second-order valence-electron chi connectivity index (χ2n) is 13.2. The molecule has 0 bridgehead atoms. The summed E-state index contributed by atoms with van der Waals surface area (Å²) in [5.74, 6) is 6.12. The van der Waals surface area contributed by atoms with Crippen molar-refractivity contribution in [2.45, 2.75) is 94.9 Å². The zero-order valence-corrected chi connectivity index (χ0v) is 31.1. The number of nitrogens with two attached hydrogens (primary N) is 3. The van der Waals surface area contributed by atoms with Crippen LogP contribution >= 0.6 is 0 Å². The zero-order chi connectivity index (χ0) is 33.4. The summed E-state index contributed by atoms with van der Waals surface area (Å²) in [5, 5.41) is 9.66. The Morgan fingerprint density at radius 3 is 1.64 bits per heavy atom. The summed E-state index contributed by atoms with van der Waals surface area (Å²) < 4.78 is 9.47. The minimum absolute atomic E-state index is 0. The Bertz CT molecular complexity index is 1020. The van der Waals surface area contributed by atoms with Crippen molar-refractivity contribution in [2.75, 3.05) is 0 Å². The van der Waals surface area contributed by atoms with Crippen molar-refractivity contribution in [3.05, 3.63) is 7.43 Å². The molecule has 2 heterocycles. The summed E-state index contributed by atoms with van der Waals surface area (Å²) in [6, 6.07) is 0. The van der Waals surface area contributed by atoms with E-state index in [0.717, 1.165) is 6.42 Å². The van der Waals surface area contributed by atoms with Crippen LogP contribution in [0.5, 0.6) is 0 Å². The predicted octanol–water partition coefficient (Wildman–Crippen LogP) is 2.90. The van der Waals surface area contributed by atoms with E-state index in [0.29, 0.717) is 19.3 Å². The average Bonchev–Trinajstić information content (AvgIpc) is 3.35. The summed E-state index contributed by atoms with van der Waals surface area (Å²) in [5.41, 5.74) is 0.639. The maximum Gasteiger partial charge on any atom is 0.318 e. The molecule has 2 saturated heterocycles. The normalized spacial score (nSPS) is 22.8. The Hall–Kier alpha value is -2.21. The molecule has 256 valence electrons. The average molecular weight is 800 g/mol. The van der Waals surface area contributed by atoms with Gasteiger partial charge in [0, 0.05) is 21.1 Å². The van der Waals surface area contributed by atoms with Gasteiger partial charge >= 0.3 is 29.8 Å². The van der Waals surface area contributed by atoms with Gasteiger partial charge in [-0.3, -0.25) is 45.9 Å². The summed E-state index contributed by atoms with van der Waals surface area (Å²) in [7, 11) is 0. The number of amides is 1. The molecule has 6 atom stereocenters. The number of nitrogens with one attached hydrogen (secondary N) is 1. The van der Waals surface area contributed by atoms with E-state index in [4.69, 9.17) is 10.6 Å². The van der Waals surface area contributed by atoms with E-state index < -0.39 is 58.3 Å². The number of carbonyl (C=O) groups excluding carboxylic acids is 5. The third kappa shape index (κ3) is 11.0. The van der Waals surface area contributed by atoms with Crippen LogP contribution in [0.2, 0.25) is 0 Å². The van der Waals surface area contributed by atoms with Crippen LogP contribution in [0.15, 0.2) is 0 Å². The fourth-order valence-corrected chi connectivity index (χ4v) is 5.91. The number of hydrogen-bond acceptors (Lipinski definition) is 11. The van der Waals surface area contributed by atoms with E-state index in [-0.39, 0.29) is 57.7 Å². The molecule has 6 unspecified atom stereocenters. The van der Waals surface area contributed by atoms with Crippen LogP contribution in [0, 0.1) is 59.2 Å². The van der Waals surface area contributed by atoms with E-state index in [1.165, 1.54) is 6.92 Å². The third-order valence-corrected chi connectivity index (χ3v) is 9.26. The van der Waals surface area contributed by atoms with Crippen molar-refractivity contribution in [1.29, 1.82) is 0 Å². The van der Waals surface area contributed by atoms with Gasteiger partial charge in [-0.25, -0.2) is 5.84 Å². The molecule has 0 aliphatic carbocycles. The third-order valence-electron chi connectivity index (χ3n) is 9.26. The number of rotatable bonds is 11. The number of carbonyl (C=O) groups is 6. The van der Waals surface area contributed by atoms with Crippen LogP contribution in [-0.2, 0) is 59.3 Å². The number of carboxylic acid groups (broad SMARTS) is 1. The number of hydrazine groups is 2. The first-order valence-electron chi connectivity index (χ1n) is 14.3. The van der Waals surface area contributed by atoms with Crippen LogP contribution in [0.3, 0.4) is 0 Å². The van der Waals surface area contributed by atoms with Crippen LogP contribution < -0.4 is 23.0 Å². The minimum Gasteiger partial charge on any atom is -0.481 e. The Balaban J connectivity index is -0.000000833. The van der Waals surface area contributed by atoms with Gasteiger partial charge in [-0.1, -0.05) is 82.1 Å². The molecule has 0 radical (unpaired) electrons. The Kier molecular flexibility index (Phi) is 19.6. The first kappa shape index (κ1) is 46.2. The molecule has 8 N–H and O–H groups in total. The number of cyclic esters (lactones) is 4. The van der Waals surface area contributed by atoms with Gasteiger partial charge in [0.2, 0.25) is 5.91 Å². The van der Waals surface area contributed by atoms with Crippen molar-refractivity contribution < 1.29 is 64.4 Å². The molecular weight excluding hydrogens is 744 g/mol. The second kappa shape index (κ2) is 18.7. The minimum atomic E-state index is -1.10. The van der Waals surface area contributed by atoms with Crippen molar-refractivity contribution in [1.82, 2.24) is 5.43 Å². The van der Waals surface area contributed by atoms with Gasteiger partial charge in [0.15, 0.2) is 0 Å². The standard InChI is InChI=1S/C19H32N2O6.C10H16O3.CH3.H4N2.W/c1-7-18(3,4)13-11(16(25)27-17(13)26)8-9-19(5,6)12(15(23)24)10(2)14(22)21-20;1-5-10(3,4)7-6(2)8(11)13-9(7)12;;1-2;/h10-13H,7-9,20H2,1-6H3,(H,21,22)(H,23,24);6-7H,5H2,1-4H3;1H3;1-2H2;/q;;-1;;. The Labute approximate surface area is 276 Å². The predicted molar refractivity (Wildman–Crippen MR) is 160 cm³/mol. The number of carboxylic acids is 1. The van der Waals surface area contributed by atoms with Gasteiger partial charge in [0.05, 0.1) is 35.5 Å². The van der Waals surface area contributed by atoms with Crippen LogP contribution in [-0.4, -0.2) is 40.9 Å². The molecular formula is C30H55N4O9W-. The van der Waals surface area contributed by atoms with E-state index in [2.05, 4.69) is 16.4 Å². The molecule has 2 fully saturated rings. The van der Waals surface area contributed by atoms with E-state index in [9.17, 15) is 33.9 Å². The molecule has 1 amide bonds. The number of ether oxygens (including phenoxy) is 2. The molecule has 2 aliphatic heterocycles. The van der Waals surface area contributed by atoms with Gasteiger partial charge < -0.3 is 22.0 Å². The summed E-state index contributed by atoms with van der Waals surface area (Å²) in [6.45, 7) is 18.6. The zero-order valence-electron chi connectivity index (χ0n) is 28.1. The fourth-order valence-electron chi connectivity index (χ4n) is 5.91. The molecule has 14 heteroatoms. The molecule has 0 aromatic rings. The Morgan fingerprint density at radius 2 is 1.27 bits per heavy atom. The quantitative estimate of drug-likeness (QED) is 0.0508. The fraction of sp³-hybridized carbons (Fsp3) is 0.767. The van der Waals surface area contributed by atoms with Gasteiger partial charge in [-0.05, 0) is 29.1 Å². The topological polar surface area (TPSA) is 231 Å². The smallest absolute Gasteiger partial charge is 0.318 e. The van der Waals surface area contributed by atoms with Crippen molar-refractivity contribution in [2.24, 2.45) is 69.3 Å². The van der Waals surface area contributed by atoms with Crippen molar-refractivity contribution in [3.8, 4) is 0 Å². The van der Waals surface area contributed by atoms with E-state index in [1.54, 1.807) is 20.8 Å². The first-order chi connectivity index (χ1) is 19.2. The molecule has 0 saturated carbocycles. The monoisotopic (exact) mass is 799 g/mol. The van der Waals surface area contributed by atoms with Crippen LogP contribution in [0.1, 0.15) is 94.9 Å². The maximum atomic E-state index is 12.2. The summed E-state index contributed by atoms with van der Waals surface area (Å²) in [4.78, 5) is 70.6. The second-order valence-corrected chi connectivity index (χ2v) is 13.2. The van der Waals surface area contributed by atoms with Gasteiger partial charge in [-0.15, -0.1) is 0 Å². The largest absolute Gasteiger partial charge is 0.481 e. The van der Waals surface area contributed by atoms with Crippen molar-refractivity contribution in [3.63, 3.8) is 0 Å².